The third kappa shape index (κ3) is 9.21. The van der Waals surface area contributed by atoms with Gasteiger partial charge in [-0.1, -0.05) is 139 Å². The monoisotopic (exact) mass is 520 g/mol. The van der Waals surface area contributed by atoms with Crippen LogP contribution in [0.25, 0.3) is 0 Å². The Labute approximate surface area is 267 Å². The summed E-state index contributed by atoms with van der Waals surface area (Å²) in [5, 5.41) is 9.44. The number of ether oxygens (including phenoxy) is 1. The van der Waals surface area contributed by atoms with Crippen molar-refractivity contribution in [1.82, 2.24) is 0 Å². The van der Waals surface area contributed by atoms with Gasteiger partial charge in [0.05, 0.1) is 0 Å². The third-order valence-electron chi connectivity index (χ3n) is 6.51. The molecule has 0 aliphatic carbocycles. The number of rotatable bonds is 11. The molecule has 0 heterocycles. The predicted octanol–water partition coefficient (Wildman–Crippen LogP) is 6.34. The van der Waals surface area contributed by atoms with E-state index in [1.54, 1.807) is 6.08 Å². The van der Waals surface area contributed by atoms with Crippen molar-refractivity contribution < 1.29 is 61.2 Å². The van der Waals surface area contributed by atoms with Crippen LogP contribution in [0.2, 0.25) is 0 Å². The van der Waals surface area contributed by atoms with Gasteiger partial charge in [0, 0.05) is 28.9 Å². The Kier molecular flexibility index (Phi) is 16.0. The summed E-state index contributed by atoms with van der Waals surface area (Å²) in [6, 6.07) is 25.4. The van der Waals surface area contributed by atoms with Crippen LogP contribution in [-0.4, -0.2) is 11.7 Å². The maximum atomic E-state index is 9.44. The molecule has 0 bridgehead atoms. The average Bonchev–Trinajstić information content (AvgIpc) is 2.95. The van der Waals surface area contributed by atoms with Crippen LogP contribution in [0.5, 0.6) is 5.75 Å². The Balaban J connectivity index is 0.00000223. The van der Waals surface area contributed by atoms with Gasteiger partial charge in [0.15, 0.2) is 0 Å². The first-order valence-corrected chi connectivity index (χ1v) is 12.8. The molecule has 190 valence electrons. The molecular formula is C34H41KO2. The number of benzene rings is 3. The van der Waals surface area contributed by atoms with E-state index in [-0.39, 0.29) is 75.7 Å². The molecule has 0 saturated carbocycles. The Hall–Kier alpha value is -1.72. The summed E-state index contributed by atoms with van der Waals surface area (Å²) in [5.74, 6) is 1.18. The van der Waals surface area contributed by atoms with Gasteiger partial charge in [-0.05, 0) is 28.9 Å². The van der Waals surface area contributed by atoms with Crippen LogP contribution in [-0.2, 0) is 0 Å². The van der Waals surface area contributed by atoms with Crippen LogP contribution < -0.4 is 56.1 Å². The standard InChI is InChI=1S/C32H35O2.C2H6.K/c1-6-7-14-23(2)24(3)29-21-30(25(4)27-15-10-8-11-16-27)32(34-20-19-33)31(22-29)26(5)28-17-12-9-13-18-28;1-2;/h6-19,21-22,24-26,33H,1-2,20H2,3-5H3;1-2H3;/q-1;;+1/b14-7-;;. The fourth-order valence-corrected chi connectivity index (χ4v) is 4.27. The quantitative estimate of drug-likeness (QED) is 0.182. The van der Waals surface area contributed by atoms with E-state index in [1.807, 2.05) is 38.1 Å². The number of hydrogen-bond donors (Lipinski definition) is 1. The van der Waals surface area contributed by atoms with Crippen molar-refractivity contribution in [3.05, 3.63) is 144 Å². The molecule has 3 aromatic rings. The molecular weight excluding hydrogens is 479 g/mol. The molecule has 0 amide bonds. The fraction of sp³-hybridized carbons (Fsp3) is 0.265. The summed E-state index contributed by atoms with van der Waals surface area (Å²) in [7, 11) is 0. The van der Waals surface area contributed by atoms with E-state index < -0.39 is 0 Å². The van der Waals surface area contributed by atoms with Crippen molar-refractivity contribution in [2.24, 2.45) is 0 Å². The van der Waals surface area contributed by atoms with Gasteiger partial charge < -0.3 is 9.84 Å². The van der Waals surface area contributed by atoms with Gasteiger partial charge in [0.25, 0.3) is 0 Å². The van der Waals surface area contributed by atoms with E-state index in [0.29, 0.717) is 0 Å². The van der Waals surface area contributed by atoms with Gasteiger partial charge in [-0.25, -0.2) is 0 Å². The minimum Gasteiger partial charge on any atom is -0.563 e. The van der Waals surface area contributed by atoms with E-state index in [4.69, 9.17) is 4.74 Å². The molecule has 3 atom stereocenters. The molecule has 3 rings (SSSR count). The first kappa shape index (κ1) is 33.3. The van der Waals surface area contributed by atoms with Crippen LogP contribution >= 0.6 is 0 Å². The molecule has 0 aliphatic heterocycles. The Morgan fingerprint density at radius 1 is 0.865 bits per heavy atom. The topological polar surface area (TPSA) is 29.5 Å². The van der Waals surface area contributed by atoms with E-state index in [2.05, 4.69) is 94.6 Å². The Bertz CT molecular complexity index is 1050. The van der Waals surface area contributed by atoms with E-state index in [9.17, 15) is 5.11 Å². The molecule has 0 radical (unpaired) electrons. The van der Waals surface area contributed by atoms with Crippen LogP contribution in [0, 0.1) is 6.61 Å². The molecule has 37 heavy (non-hydrogen) atoms. The van der Waals surface area contributed by atoms with Crippen LogP contribution in [0.1, 0.15) is 80.2 Å². The largest absolute Gasteiger partial charge is 1.00 e. The van der Waals surface area contributed by atoms with Crippen molar-refractivity contribution in [3.8, 4) is 5.75 Å². The Morgan fingerprint density at radius 3 is 1.73 bits per heavy atom. The molecule has 3 unspecified atom stereocenters. The van der Waals surface area contributed by atoms with Crippen LogP contribution in [0.15, 0.2) is 110 Å². The van der Waals surface area contributed by atoms with Gasteiger partial charge in [0.1, 0.15) is 5.75 Å². The van der Waals surface area contributed by atoms with Crippen molar-refractivity contribution in [2.45, 2.75) is 52.4 Å². The number of aliphatic hydroxyl groups excluding tert-OH is 1. The van der Waals surface area contributed by atoms with Crippen molar-refractivity contribution in [2.75, 3.05) is 6.61 Å². The van der Waals surface area contributed by atoms with E-state index >= 15 is 0 Å². The first-order valence-electron chi connectivity index (χ1n) is 12.8. The average molecular weight is 521 g/mol. The van der Waals surface area contributed by atoms with Crippen molar-refractivity contribution >= 4 is 0 Å². The molecule has 0 spiro atoms. The molecule has 0 aromatic heterocycles. The van der Waals surface area contributed by atoms with Crippen LogP contribution in [0.3, 0.4) is 0 Å². The second-order valence-electron chi connectivity index (χ2n) is 8.68. The molecule has 3 heteroatoms. The predicted molar refractivity (Wildman–Crippen MR) is 154 cm³/mol. The number of aliphatic hydroxyl groups is 1. The van der Waals surface area contributed by atoms with Gasteiger partial charge in [-0.15, -0.1) is 0 Å². The zero-order valence-electron chi connectivity index (χ0n) is 23.4. The minimum absolute atomic E-state index is 0. The fourth-order valence-electron chi connectivity index (χ4n) is 4.27. The summed E-state index contributed by atoms with van der Waals surface area (Å²) in [6.07, 6.45) is 5.71. The summed E-state index contributed by atoms with van der Waals surface area (Å²) >= 11 is 0. The zero-order valence-corrected chi connectivity index (χ0v) is 26.6. The maximum Gasteiger partial charge on any atom is 1.00 e. The van der Waals surface area contributed by atoms with Gasteiger partial charge in [-0.2, -0.15) is 6.61 Å². The Morgan fingerprint density at radius 2 is 1.32 bits per heavy atom. The van der Waals surface area contributed by atoms with Crippen molar-refractivity contribution in [1.29, 1.82) is 0 Å². The van der Waals surface area contributed by atoms with Gasteiger partial charge >= 0.3 is 51.4 Å². The molecule has 2 nitrogen and oxygen atoms in total. The summed E-state index contributed by atoms with van der Waals surface area (Å²) in [6.45, 7) is 19.9. The second-order valence-corrected chi connectivity index (χ2v) is 8.68. The molecule has 0 fully saturated rings. The zero-order chi connectivity index (χ0) is 26.5. The molecule has 1 N–H and O–H groups in total. The number of hydrogen-bond acceptors (Lipinski definition) is 2. The smallest absolute Gasteiger partial charge is 0.563 e. The third-order valence-corrected chi connectivity index (χ3v) is 6.51. The maximum absolute atomic E-state index is 9.44. The second kappa shape index (κ2) is 17.7. The summed E-state index contributed by atoms with van der Waals surface area (Å²) < 4.78 is 6.21. The summed E-state index contributed by atoms with van der Waals surface area (Å²) in [5.41, 5.74) is 6.86. The SMILES string of the molecule is C=C/C=C\C(=C)C(C)c1cc(C(C)c2ccccc2)c(OC[CH-]O)c(C(C)c2ccccc2)c1.CC.[K+]. The van der Waals surface area contributed by atoms with Crippen LogP contribution in [0.4, 0.5) is 0 Å². The minimum atomic E-state index is 0. The molecule has 0 aliphatic rings. The first-order chi connectivity index (χ1) is 17.5. The van der Waals surface area contributed by atoms with E-state index in [0.717, 1.165) is 29.1 Å². The normalized spacial score (nSPS) is 12.9. The summed E-state index contributed by atoms with van der Waals surface area (Å²) in [4.78, 5) is 0. The van der Waals surface area contributed by atoms with E-state index in [1.165, 1.54) is 16.7 Å². The van der Waals surface area contributed by atoms with Gasteiger partial charge in [-0.3, -0.25) is 0 Å². The van der Waals surface area contributed by atoms with Crippen molar-refractivity contribution in [3.63, 3.8) is 0 Å². The number of allylic oxidation sites excluding steroid dienone is 4. The molecule has 3 aromatic carbocycles. The van der Waals surface area contributed by atoms with Gasteiger partial charge in [0.2, 0.25) is 0 Å². The molecule has 0 saturated heterocycles.